The number of nitrogens with zero attached hydrogens (tertiary/aromatic N) is 1. The monoisotopic (exact) mass is 309 g/mol. The van der Waals surface area contributed by atoms with Crippen LogP contribution in [0.3, 0.4) is 0 Å². The first-order chi connectivity index (χ1) is 9.80. The van der Waals surface area contributed by atoms with Gasteiger partial charge in [0.2, 0.25) is 10.0 Å². The van der Waals surface area contributed by atoms with E-state index in [-0.39, 0.29) is 6.04 Å². The minimum Gasteiger partial charge on any atom is -0.207 e. The Hall–Kier alpha value is -0.870. The predicted molar refractivity (Wildman–Crippen MR) is 87.2 cm³/mol. The molecule has 1 aromatic rings. The molecule has 1 fully saturated rings. The fourth-order valence-electron chi connectivity index (χ4n) is 3.38. The van der Waals surface area contributed by atoms with E-state index in [4.69, 9.17) is 0 Å². The molecule has 0 unspecified atom stereocenters. The van der Waals surface area contributed by atoms with E-state index in [1.165, 1.54) is 0 Å². The van der Waals surface area contributed by atoms with Gasteiger partial charge in [-0.15, -0.1) is 0 Å². The van der Waals surface area contributed by atoms with E-state index in [2.05, 4.69) is 13.0 Å². The summed E-state index contributed by atoms with van der Waals surface area (Å²) in [4.78, 5) is 0.542. The van der Waals surface area contributed by atoms with Gasteiger partial charge >= 0.3 is 0 Å². The molecular weight excluding hydrogens is 282 g/mol. The number of hydrogen-bond donors (Lipinski definition) is 0. The quantitative estimate of drug-likeness (QED) is 0.850. The number of rotatable bonds is 3. The fraction of sp³-hybridized carbons (Fsp3) is 0.647. The van der Waals surface area contributed by atoms with Crippen LogP contribution in [-0.4, -0.2) is 25.3 Å². The molecule has 1 heterocycles. The molecule has 0 aromatic heterocycles. The second-order valence-corrected chi connectivity index (χ2v) is 8.09. The van der Waals surface area contributed by atoms with E-state index in [1.807, 2.05) is 27.7 Å². The van der Waals surface area contributed by atoms with Crippen molar-refractivity contribution >= 4 is 10.0 Å². The summed E-state index contributed by atoms with van der Waals surface area (Å²) in [6.07, 6.45) is 3.98. The lowest BCUT2D eigenvalue weighted by Crippen LogP contribution is -2.43. The van der Waals surface area contributed by atoms with Crippen LogP contribution >= 0.6 is 0 Å². The zero-order valence-corrected chi connectivity index (χ0v) is 14.7. The molecule has 4 heteroatoms. The lowest BCUT2D eigenvalue weighted by atomic mass is 10.0. The Morgan fingerprint density at radius 1 is 1.10 bits per heavy atom. The van der Waals surface area contributed by atoms with Gasteiger partial charge in [0.15, 0.2) is 0 Å². The maximum atomic E-state index is 13.2. The molecule has 1 aromatic carbocycles. The summed E-state index contributed by atoms with van der Waals surface area (Å²) in [5.41, 5.74) is 3.92. The van der Waals surface area contributed by atoms with Crippen LogP contribution in [0.15, 0.2) is 11.0 Å². The minimum absolute atomic E-state index is 0.156. The SMILES string of the molecule is CC[C@H]1CCCCN1S(=O)(=O)c1c(C)c(C)cc(C)c1C. The lowest BCUT2D eigenvalue weighted by Gasteiger charge is -2.35. The minimum atomic E-state index is -3.40. The third kappa shape index (κ3) is 2.88. The Labute approximate surface area is 129 Å². The molecule has 0 saturated carbocycles. The average Bonchev–Trinajstić information content (AvgIpc) is 2.45. The van der Waals surface area contributed by atoms with Crippen molar-refractivity contribution < 1.29 is 8.42 Å². The maximum Gasteiger partial charge on any atom is 0.243 e. The average molecular weight is 309 g/mol. The van der Waals surface area contributed by atoms with Crippen molar-refractivity contribution in [2.24, 2.45) is 0 Å². The molecule has 2 rings (SSSR count). The van der Waals surface area contributed by atoms with Gasteiger partial charge in [0.25, 0.3) is 0 Å². The van der Waals surface area contributed by atoms with E-state index in [9.17, 15) is 8.42 Å². The van der Waals surface area contributed by atoms with Gasteiger partial charge in [0.05, 0.1) is 4.90 Å². The number of benzene rings is 1. The molecule has 21 heavy (non-hydrogen) atoms. The summed E-state index contributed by atoms with van der Waals surface area (Å²) >= 11 is 0. The Morgan fingerprint density at radius 2 is 1.67 bits per heavy atom. The summed E-state index contributed by atoms with van der Waals surface area (Å²) in [7, 11) is -3.40. The molecule has 1 aliphatic rings. The highest BCUT2D eigenvalue weighted by Crippen LogP contribution is 2.32. The predicted octanol–water partition coefficient (Wildman–Crippen LogP) is 3.87. The van der Waals surface area contributed by atoms with Crippen LogP contribution < -0.4 is 0 Å². The van der Waals surface area contributed by atoms with Gasteiger partial charge in [-0.05, 0) is 69.2 Å². The van der Waals surface area contributed by atoms with Crippen LogP contribution in [0.1, 0.15) is 54.9 Å². The first-order valence-electron chi connectivity index (χ1n) is 7.90. The Balaban J connectivity index is 2.59. The fourth-order valence-corrected chi connectivity index (χ4v) is 5.73. The van der Waals surface area contributed by atoms with Gasteiger partial charge in [-0.3, -0.25) is 0 Å². The molecule has 3 nitrogen and oxygen atoms in total. The second-order valence-electron chi connectivity index (χ2n) is 6.26. The van der Waals surface area contributed by atoms with Gasteiger partial charge in [-0.1, -0.05) is 19.4 Å². The van der Waals surface area contributed by atoms with Gasteiger partial charge in [-0.2, -0.15) is 4.31 Å². The Kier molecular flexibility index (Phi) is 4.79. The molecular formula is C17H27NO2S. The van der Waals surface area contributed by atoms with Gasteiger partial charge in [0.1, 0.15) is 0 Å². The molecule has 0 aliphatic carbocycles. The van der Waals surface area contributed by atoms with Crippen LogP contribution in [0.25, 0.3) is 0 Å². The van der Waals surface area contributed by atoms with Crippen molar-refractivity contribution in [2.75, 3.05) is 6.54 Å². The van der Waals surface area contributed by atoms with E-state index < -0.39 is 10.0 Å². The summed E-state index contributed by atoms with van der Waals surface area (Å²) in [5.74, 6) is 0. The van der Waals surface area contributed by atoms with Crippen molar-refractivity contribution in [1.82, 2.24) is 4.31 Å². The smallest absolute Gasteiger partial charge is 0.207 e. The van der Waals surface area contributed by atoms with Crippen molar-refractivity contribution in [1.29, 1.82) is 0 Å². The molecule has 1 saturated heterocycles. The summed E-state index contributed by atoms with van der Waals surface area (Å²) in [5, 5.41) is 0. The molecule has 0 bridgehead atoms. The van der Waals surface area contributed by atoms with Gasteiger partial charge in [0, 0.05) is 12.6 Å². The van der Waals surface area contributed by atoms with Crippen molar-refractivity contribution in [3.63, 3.8) is 0 Å². The molecule has 118 valence electrons. The van der Waals surface area contributed by atoms with Crippen LogP contribution in [0.5, 0.6) is 0 Å². The third-order valence-corrected chi connectivity index (χ3v) is 7.13. The highest BCUT2D eigenvalue weighted by Gasteiger charge is 2.34. The van der Waals surface area contributed by atoms with E-state index >= 15 is 0 Å². The third-order valence-electron chi connectivity index (χ3n) is 4.91. The van der Waals surface area contributed by atoms with Crippen molar-refractivity contribution in [3.8, 4) is 0 Å². The number of sulfonamides is 1. The lowest BCUT2D eigenvalue weighted by molar-refractivity contribution is 0.246. The number of hydrogen-bond acceptors (Lipinski definition) is 2. The maximum absolute atomic E-state index is 13.2. The standard InChI is InChI=1S/C17H27NO2S/c1-6-16-9-7-8-10-18(16)21(19,20)17-14(4)12(2)11-13(3)15(17)5/h11,16H,6-10H2,1-5H3/t16-/m0/s1. The highest BCUT2D eigenvalue weighted by atomic mass is 32.2. The van der Waals surface area contributed by atoms with E-state index in [0.717, 1.165) is 47.9 Å². The largest absolute Gasteiger partial charge is 0.243 e. The van der Waals surface area contributed by atoms with E-state index in [0.29, 0.717) is 11.4 Å². The van der Waals surface area contributed by atoms with Crippen molar-refractivity contribution in [2.45, 2.75) is 71.2 Å². The molecule has 0 N–H and O–H groups in total. The first-order valence-corrected chi connectivity index (χ1v) is 9.34. The number of aryl methyl sites for hydroxylation is 2. The van der Waals surface area contributed by atoms with Gasteiger partial charge < -0.3 is 0 Å². The number of piperidine rings is 1. The van der Waals surface area contributed by atoms with Crippen LogP contribution in [0, 0.1) is 27.7 Å². The van der Waals surface area contributed by atoms with Gasteiger partial charge in [-0.25, -0.2) is 8.42 Å². The summed E-state index contributed by atoms with van der Waals surface area (Å²) in [6.45, 7) is 10.6. The van der Waals surface area contributed by atoms with Crippen LogP contribution in [0.2, 0.25) is 0 Å². The molecule has 1 atom stereocenters. The zero-order chi connectivity index (χ0) is 15.8. The Morgan fingerprint density at radius 3 is 2.19 bits per heavy atom. The molecule has 0 radical (unpaired) electrons. The first kappa shape index (κ1) is 16.5. The normalized spacial score (nSPS) is 20.7. The Bertz CT molecular complexity index is 608. The van der Waals surface area contributed by atoms with Crippen LogP contribution in [-0.2, 0) is 10.0 Å². The van der Waals surface area contributed by atoms with Crippen molar-refractivity contribution in [3.05, 3.63) is 28.3 Å². The topological polar surface area (TPSA) is 37.4 Å². The molecule has 1 aliphatic heterocycles. The van der Waals surface area contributed by atoms with Crippen LogP contribution in [0.4, 0.5) is 0 Å². The molecule has 0 amide bonds. The second kappa shape index (κ2) is 6.09. The summed E-state index contributed by atoms with van der Waals surface area (Å²) in [6, 6.07) is 2.24. The molecule has 0 spiro atoms. The highest BCUT2D eigenvalue weighted by molar-refractivity contribution is 7.89. The van der Waals surface area contributed by atoms with E-state index in [1.54, 1.807) is 4.31 Å². The zero-order valence-electron chi connectivity index (χ0n) is 13.9. The summed E-state index contributed by atoms with van der Waals surface area (Å²) < 4.78 is 28.2.